The van der Waals surface area contributed by atoms with Crippen molar-refractivity contribution in [3.63, 3.8) is 0 Å². The smallest absolute Gasteiger partial charge is 0.329 e. The molecule has 1 aliphatic heterocycles. The molecule has 1 heterocycles. The Balaban J connectivity index is 0.00000256. The van der Waals surface area contributed by atoms with Crippen LogP contribution in [0.1, 0.15) is 30.9 Å². The van der Waals surface area contributed by atoms with E-state index in [1.165, 1.54) is 4.90 Å². The number of hydrogen-bond acceptors (Lipinski definition) is 3. The molecule has 4 rings (SSSR count). The lowest BCUT2D eigenvalue weighted by atomic mass is 9.96. The molecular weight excluding hydrogens is 493 g/mol. The summed E-state index contributed by atoms with van der Waals surface area (Å²) < 4.78 is 0. The lowest BCUT2D eigenvalue weighted by molar-refractivity contribution is -0.122. The quantitative estimate of drug-likeness (QED) is 0.243. The lowest BCUT2D eigenvalue weighted by Crippen LogP contribution is -2.46. The molecular formula is C22H26IN5O2. The summed E-state index contributed by atoms with van der Waals surface area (Å²) >= 11 is 0. The van der Waals surface area contributed by atoms with Gasteiger partial charge in [-0.1, -0.05) is 24.3 Å². The molecule has 1 aliphatic carbocycles. The summed E-state index contributed by atoms with van der Waals surface area (Å²) in [5.41, 5.74) is 8.61. The van der Waals surface area contributed by atoms with E-state index in [0.717, 1.165) is 29.7 Å². The topological polar surface area (TPSA) is 99.8 Å². The molecule has 0 aromatic heterocycles. The van der Waals surface area contributed by atoms with E-state index in [-0.39, 0.29) is 41.8 Å². The van der Waals surface area contributed by atoms with Gasteiger partial charge < -0.3 is 16.4 Å². The maximum atomic E-state index is 12.9. The average Bonchev–Trinajstić information content (AvgIpc) is 3.49. The highest BCUT2D eigenvalue weighted by atomic mass is 127. The number of urea groups is 1. The summed E-state index contributed by atoms with van der Waals surface area (Å²) in [6.45, 7) is 4.16. The van der Waals surface area contributed by atoms with Crippen LogP contribution in [0, 0.1) is 12.8 Å². The molecule has 8 heteroatoms. The Labute approximate surface area is 193 Å². The number of halogens is 1. The average molecular weight is 519 g/mol. The molecule has 2 aliphatic rings. The number of aliphatic imine (C=N–C) groups is 1. The summed E-state index contributed by atoms with van der Waals surface area (Å²) in [6, 6.07) is 14.8. The van der Waals surface area contributed by atoms with Gasteiger partial charge in [0.2, 0.25) is 0 Å². The maximum Gasteiger partial charge on any atom is 0.329 e. The number of benzene rings is 2. The molecule has 1 saturated heterocycles. The third kappa shape index (κ3) is 4.43. The van der Waals surface area contributed by atoms with Crippen molar-refractivity contribution in [3.8, 4) is 0 Å². The van der Waals surface area contributed by atoms with Gasteiger partial charge >= 0.3 is 6.03 Å². The molecule has 0 bridgehead atoms. The molecule has 0 radical (unpaired) electrons. The zero-order valence-corrected chi connectivity index (χ0v) is 19.3. The lowest BCUT2D eigenvalue weighted by Gasteiger charge is -2.21. The number of anilines is 2. The van der Waals surface area contributed by atoms with Gasteiger partial charge in [0.25, 0.3) is 5.91 Å². The minimum absolute atomic E-state index is 0. The number of imide groups is 1. The van der Waals surface area contributed by atoms with Crippen molar-refractivity contribution >= 4 is 53.2 Å². The fourth-order valence-electron chi connectivity index (χ4n) is 3.71. The van der Waals surface area contributed by atoms with Gasteiger partial charge in [-0.25, -0.2) is 14.7 Å². The first kappa shape index (κ1) is 22.1. The van der Waals surface area contributed by atoms with Gasteiger partial charge in [0, 0.05) is 5.69 Å². The number of guanidine groups is 1. The highest BCUT2D eigenvalue weighted by molar-refractivity contribution is 14.0. The normalized spacial score (nSPS) is 21.3. The number of aryl methyl sites for hydroxylation is 1. The number of carbonyl (C=O) groups is 2. The Morgan fingerprint density at radius 3 is 2.67 bits per heavy atom. The second-order valence-corrected chi connectivity index (χ2v) is 7.91. The monoisotopic (exact) mass is 519 g/mol. The van der Waals surface area contributed by atoms with Crippen molar-refractivity contribution in [3.05, 3.63) is 59.7 Å². The number of carbonyl (C=O) groups excluding carboxylic acids is 2. The van der Waals surface area contributed by atoms with Crippen molar-refractivity contribution in [1.29, 1.82) is 0 Å². The second kappa shape index (κ2) is 8.63. The van der Waals surface area contributed by atoms with Crippen molar-refractivity contribution in [1.82, 2.24) is 5.32 Å². The summed E-state index contributed by atoms with van der Waals surface area (Å²) in [7, 11) is 0. The molecule has 2 fully saturated rings. The Morgan fingerprint density at radius 1 is 1.23 bits per heavy atom. The van der Waals surface area contributed by atoms with Gasteiger partial charge in [0.15, 0.2) is 5.96 Å². The van der Waals surface area contributed by atoms with Crippen LogP contribution in [-0.4, -0.2) is 23.4 Å². The molecule has 4 N–H and O–H groups in total. The third-order valence-corrected chi connectivity index (χ3v) is 5.50. The van der Waals surface area contributed by atoms with E-state index in [2.05, 4.69) is 15.6 Å². The van der Waals surface area contributed by atoms with Crippen LogP contribution in [0.3, 0.4) is 0 Å². The number of amides is 3. The van der Waals surface area contributed by atoms with Crippen LogP contribution in [-0.2, 0) is 11.3 Å². The standard InChI is InChI=1S/C22H25N5O2.HI/c1-14-5-3-7-17(11-14)25-20(23)24-13-15-6-4-8-18(12-15)27-19(28)22(2,16-9-10-16)26-21(27)29;/h3-8,11-12,16H,9-10,13H2,1-2H3,(H,26,29)(H3,23,24,25);1H. The van der Waals surface area contributed by atoms with Gasteiger partial charge in [-0.05, 0) is 68.0 Å². The first-order valence-electron chi connectivity index (χ1n) is 9.76. The Kier molecular flexibility index (Phi) is 6.35. The minimum Gasteiger partial charge on any atom is -0.370 e. The SMILES string of the molecule is Cc1cccc(NC(N)=NCc2cccc(N3C(=O)NC(C)(C4CC4)C3=O)c2)c1.I. The van der Waals surface area contributed by atoms with Crippen molar-refractivity contribution in [2.75, 3.05) is 10.2 Å². The number of hydrogen-bond donors (Lipinski definition) is 3. The third-order valence-electron chi connectivity index (χ3n) is 5.50. The first-order chi connectivity index (χ1) is 13.9. The van der Waals surface area contributed by atoms with Crippen LogP contribution in [0.2, 0.25) is 0 Å². The zero-order valence-electron chi connectivity index (χ0n) is 17.0. The van der Waals surface area contributed by atoms with Gasteiger partial charge in [-0.2, -0.15) is 0 Å². The van der Waals surface area contributed by atoms with Crippen molar-refractivity contribution in [2.24, 2.45) is 16.6 Å². The predicted molar refractivity (Wildman–Crippen MR) is 129 cm³/mol. The van der Waals surface area contributed by atoms with Crippen LogP contribution < -0.4 is 21.3 Å². The molecule has 2 aromatic carbocycles. The summed E-state index contributed by atoms with van der Waals surface area (Å²) in [6.07, 6.45) is 1.94. The Bertz CT molecular complexity index is 1000. The molecule has 1 saturated carbocycles. The van der Waals surface area contributed by atoms with Crippen molar-refractivity contribution < 1.29 is 9.59 Å². The van der Waals surface area contributed by atoms with Crippen molar-refractivity contribution in [2.45, 2.75) is 38.8 Å². The van der Waals surface area contributed by atoms with Gasteiger partial charge in [-0.15, -0.1) is 24.0 Å². The maximum absolute atomic E-state index is 12.9. The Hall–Kier alpha value is -2.62. The fraction of sp³-hybridized carbons (Fsp3) is 0.318. The number of nitrogens with one attached hydrogen (secondary N) is 2. The number of rotatable bonds is 5. The largest absolute Gasteiger partial charge is 0.370 e. The zero-order chi connectivity index (χ0) is 20.6. The van der Waals surface area contributed by atoms with Crippen LogP contribution >= 0.6 is 24.0 Å². The minimum atomic E-state index is -0.798. The highest BCUT2D eigenvalue weighted by Crippen LogP contribution is 2.43. The highest BCUT2D eigenvalue weighted by Gasteiger charge is 2.56. The van der Waals surface area contributed by atoms with E-state index in [1.807, 2.05) is 50.2 Å². The number of nitrogens with zero attached hydrogens (tertiary/aromatic N) is 2. The van der Waals surface area contributed by atoms with Gasteiger partial charge in [0.1, 0.15) is 5.54 Å². The molecule has 1 atom stereocenters. The van der Waals surface area contributed by atoms with Crippen LogP contribution in [0.15, 0.2) is 53.5 Å². The molecule has 2 aromatic rings. The number of nitrogens with two attached hydrogens (primary N) is 1. The van der Waals surface area contributed by atoms with Crippen LogP contribution in [0.5, 0.6) is 0 Å². The molecule has 7 nitrogen and oxygen atoms in total. The van der Waals surface area contributed by atoms with Gasteiger partial charge in [-0.3, -0.25) is 4.79 Å². The molecule has 1 unspecified atom stereocenters. The van der Waals surface area contributed by atoms with Crippen LogP contribution in [0.4, 0.5) is 16.2 Å². The molecule has 30 heavy (non-hydrogen) atoms. The molecule has 0 spiro atoms. The van der Waals surface area contributed by atoms with Gasteiger partial charge in [0.05, 0.1) is 12.2 Å². The van der Waals surface area contributed by atoms with E-state index in [0.29, 0.717) is 18.2 Å². The van der Waals surface area contributed by atoms with E-state index in [4.69, 9.17) is 5.73 Å². The van der Waals surface area contributed by atoms with E-state index >= 15 is 0 Å². The summed E-state index contributed by atoms with van der Waals surface area (Å²) in [5.74, 6) is 0.341. The second-order valence-electron chi connectivity index (χ2n) is 7.91. The van der Waals surface area contributed by atoms with E-state index in [1.54, 1.807) is 12.1 Å². The summed E-state index contributed by atoms with van der Waals surface area (Å²) in [4.78, 5) is 31.0. The first-order valence-corrected chi connectivity index (χ1v) is 9.76. The predicted octanol–water partition coefficient (Wildman–Crippen LogP) is 3.76. The van der Waals surface area contributed by atoms with E-state index < -0.39 is 5.54 Å². The van der Waals surface area contributed by atoms with Crippen LogP contribution in [0.25, 0.3) is 0 Å². The molecule has 3 amide bonds. The van der Waals surface area contributed by atoms with E-state index in [9.17, 15) is 9.59 Å². The Morgan fingerprint density at radius 2 is 1.97 bits per heavy atom. The summed E-state index contributed by atoms with van der Waals surface area (Å²) in [5, 5.41) is 5.94. The molecule has 158 valence electrons. The fourth-order valence-corrected chi connectivity index (χ4v) is 3.71.